The van der Waals surface area contributed by atoms with Gasteiger partial charge in [-0.2, -0.15) is 0 Å². The molecule has 0 fully saturated rings. The van der Waals surface area contributed by atoms with Gasteiger partial charge >= 0.3 is 5.97 Å². The van der Waals surface area contributed by atoms with Crippen molar-refractivity contribution in [3.63, 3.8) is 0 Å². The van der Waals surface area contributed by atoms with Crippen LogP contribution in [-0.4, -0.2) is 33.2 Å². The van der Waals surface area contributed by atoms with E-state index >= 15 is 0 Å². The van der Waals surface area contributed by atoms with Crippen molar-refractivity contribution < 1.29 is 14.6 Å². The van der Waals surface area contributed by atoms with E-state index in [0.29, 0.717) is 0 Å². The maximum atomic E-state index is 11.2. The number of aliphatic hydroxyl groups excluding tert-OH is 1. The molecule has 1 atom stereocenters. The molecular formula is C13H15N3O3. The summed E-state index contributed by atoms with van der Waals surface area (Å²) in [5.74, 6) is -0.545. The zero-order valence-corrected chi connectivity index (χ0v) is 10.8. The molecule has 1 aromatic heterocycles. The van der Waals surface area contributed by atoms with Gasteiger partial charge in [0.15, 0.2) is 5.69 Å². The number of esters is 1. The number of methoxy groups -OCH3 is 1. The molecule has 0 aliphatic rings. The summed E-state index contributed by atoms with van der Waals surface area (Å²) in [5.41, 5.74) is 1.96. The van der Waals surface area contributed by atoms with Gasteiger partial charge in [0.05, 0.1) is 26.0 Å². The fraction of sp³-hybridized carbons (Fsp3) is 0.308. The maximum absolute atomic E-state index is 11.2. The number of carbonyl (C=O) groups is 1. The van der Waals surface area contributed by atoms with E-state index in [2.05, 4.69) is 15.0 Å². The van der Waals surface area contributed by atoms with Crippen LogP contribution < -0.4 is 0 Å². The Morgan fingerprint density at radius 2 is 2.21 bits per heavy atom. The average molecular weight is 261 g/mol. The van der Waals surface area contributed by atoms with Crippen LogP contribution in [-0.2, 0) is 11.3 Å². The Kier molecular flexibility index (Phi) is 3.91. The summed E-state index contributed by atoms with van der Waals surface area (Å²) >= 11 is 0. The molecule has 0 aliphatic carbocycles. The van der Waals surface area contributed by atoms with Gasteiger partial charge in [-0.1, -0.05) is 29.5 Å². The SMILES string of the molecule is COC(=O)c1cn(CC(O)c2ccccc2C)nn1. The molecule has 1 heterocycles. The van der Waals surface area contributed by atoms with Gasteiger partial charge in [-0.25, -0.2) is 9.48 Å². The standard InChI is InChI=1S/C13H15N3O3/c1-9-5-3-4-6-10(9)12(17)8-16-7-11(14-15-16)13(18)19-2/h3-7,12,17H,8H2,1-2H3. The molecule has 100 valence electrons. The fourth-order valence-corrected chi connectivity index (χ4v) is 1.82. The second-order valence-electron chi connectivity index (χ2n) is 4.19. The van der Waals surface area contributed by atoms with Crippen molar-refractivity contribution in [2.24, 2.45) is 0 Å². The molecule has 0 aliphatic heterocycles. The number of aryl methyl sites for hydroxylation is 1. The Morgan fingerprint density at radius 3 is 2.89 bits per heavy atom. The third-order valence-electron chi connectivity index (χ3n) is 2.84. The van der Waals surface area contributed by atoms with Crippen LogP contribution in [0.15, 0.2) is 30.5 Å². The van der Waals surface area contributed by atoms with Crippen LogP contribution >= 0.6 is 0 Å². The number of rotatable bonds is 4. The molecule has 1 unspecified atom stereocenters. The van der Waals surface area contributed by atoms with Crippen LogP contribution in [0.25, 0.3) is 0 Å². The molecule has 1 N–H and O–H groups in total. The molecule has 2 rings (SSSR count). The zero-order valence-electron chi connectivity index (χ0n) is 10.8. The predicted molar refractivity (Wildman–Crippen MR) is 67.5 cm³/mol. The highest BCUT2D eigenvalue weighted by Crippen LogP contribution is 2.18. The highest BCUT2D eigenvalue weighted by molar-refractivity contribution is 5.86. The van der Waals surface area contributed by atoms with E-state index in [0.717, 1.165) is 11.1 Å². The minimum atomic E-state index is -0.701. The lowest BCUT2D eigenvalue weighted by molar-refractivity contribution is 0.0593. The van der Waals surface area contributed by atoms with Crippen molar-refractivity contribution in [2.45, 2.75) is 19.6 Å². The number of aromatic nitrogens is 3. The maximum Gasteiger partial charge on any atom is 0.360 e. The number of carbonyl (C=O) groups excluding carboxylic acids is 1. The summed E-state index contributed by atoms with van der Waals surface area (Å²) in [6.07, 6.45) is 0.751. The van der Waals surface area contributed by atoms with Gasteiger partial charge < -0.3 is 9.84 Å². The van der Waals surface area contributed by atoms with Gasteiger partial charge in [0, 0.05) is 0 Å². The van der Waals surface area contributed by atoms with Crippen molar-refractivity contribution in [3.8, 4) is 0 Å². The lowest BCUT2D eigenvalue weighted by Crippen LogP contribution is -2.10. The largest absolute Gasteiger partial charge is 0.464 e. The lowest BCUT2D eigenvalue weighted by Gasteiger charge is -2.12. The first-order valence-electron chi connectivity index (χ1n) is 5.84. The van der Waals surface area contributed by atoms with E-state index in [1.165, 1.54) is 18.0 Å². The first-order chi connectivity index (χ1) is 9.11. The van der Waals surface area contributed by atoms with Gasteiger partial charge in [-0.05, 0) is 18.1 Å². The Morgan fingerprint density at radius 1 is 1.47 bits per heavy atom. The van der Waals surface area contributed by atoms with Gasteiger partial charge in [-0.3, -0.25) is 0 Å². The molecule has 2 aromatic rings. The third-order valence-corrected chi connectivity index (χ3v) is 2.84. The quantitative estimate of drug-likeness (QED) is 0.834. The Hall–Kier alpha value is -2.21. The van der Waals surface area contributed by atoms with Crippen LogP contribution in [0.5, 0.6) is 0 Å². The molecular weight excluding hydrogens is 246 g/mol. The van der Waals surface area contributed by atoms with Crippen LogP contribution in [0.2, 0.25) is 0 Å². The van der Waals surface area contributed by atoms with E-state index in [-0.39, 0.29) is 12.2 Å². The molecule has 0 saturated carbocycles. The Bertz CT molecular complexity index is 580. The summed E-state index contributed by atoms with van der Waals surface area (Å²) < 4.78 is 5.96. The minimum Gasteiger partial charge on any atom is -0.464 e. The smallest absolute Gasteiger partial charge is 0.360 e. The molecule has 0 bridgehead atoms. The number of nitrogens with zero attached hydrogens (tertiary/aromatic N) is 3. The van der Waals surface area contributed by atoms with Crippen molar-refractivity contribution in [1.82, 2.24) is 15.0 Å². The van der Waals surface area contributed by atoms with E-state index in [4.69, 9.17) is 0 Å². The summed E-state index contributed by atoms with van der Waals surface area (Å²) in [4.78, 5) is 11.2. The third kappa shape index (κ3) is 2.97. The van der Waals surface area contributed by atoms with Crippen LogP contribution in [0.3, 0.4) is 0 Å². The fourth-order valence-electron chi connectivity index (χ4n) is 1.82. The molecule has 6 heteroatoms. The Labute approximate surface area is 110 Å². The number of hydrogen-bond donors (Lipinski definition) is 1. The zero-order chi connectivity index (χ0) is 13.8. The van der Waals surface area contributed by atoms with E-state index in [1.54, 1.807) is 0 Å². The number of hydrogen-bond acceptors (Lipinski definition) is 5. The topological polar surface area (TPSA) is 77.2 Å². The first-order valence-corrected chi connectivity index (χ1v) is 5.84. The number of benzene rings is 1. The normalized spacial score (nSPS) is 12.2. The van der Waals surface area contributed by atoms with Gasteiger partial charge in [0.1, 0.15) is 0 Å². The van der Waals surface area contributed by atoms with E-state index in [9.17, 15) is 9.90 Å². The predicted octanol–water partition coefficient (Wildman–Crippen LogP) is 1.11. The molecule has 0 radical (unpaired) electrons. The Balaban J connectivity index is 2.11. The number of ether oxygens (including phenoxy) is 1. The summed E-state index contributed by atoms with van der Waals surface area (Å²) in [7, 11) is 1.28. The second-order valence-corrected chi connectivity index (χ2v) is 4.19. The van der Waals surface area contributed by atoms with Gasteiger partial charge in [0.2, 0.25) is 0 Å². The highest BCUT2D eigenvalue weighted by Gasteiger charge is 2.14. The van der Waals surface area contributed by atoms with E-state index in [1.807, 2.05) is 31.2 Å². The average Bonchev–Trinajstić information content (AvgIpc) is 2.86. The monoisotopic (exact) mass is 261 g/mol. The van der Waals surface area contributed by atoms with Crippen LogP contribution in [0.1, 0.15) is 27.7 Å². The summed E-state index contributed by atoms with van der Waals surface area (Å²) in [6.45, 7) is 2.16. The first kappa shape index (κ1) is 13.2. The second kappa shape index (κ2) is 5.62. The lowest BCUT2D eigenvalue weighted by atomic mass is 10.0. The van der Waals surface area contributed by atoms with Crippen molar-refractivity contribution in [2.75, 3.05) is 7.11 Å². The molecule has 6 nitrogen and oxygen atoms in total. The van der Waals surface area contributed by atoms with Gasteiger partial charge in [-0.15, -0.1) is 5.10 Å². The molecule has 19 heavy (non-hydrogen) atoms. The van der Waals surface area contributed by atoms with Crippen molar-refractivity contribution >= 4 is 5.97 Å². The van der Waals surface area contributed by atoms with Crippen molar-refractivity contribution in [1.29, 1.82) is 0 Å². The molecule has 1 aromatic carbocycles. The highest BCUT2D eigenvalue weighted by atomic mass is 16.5. The summed E-state index contributed by atoms with van der Waals surface area (Å²) in [5, 5.41) is 17.6. The van der Waals surface area contributed by atoms with Crippen LogP contribution in [0.4, 0.5) is 0 Å². The minimum absolute atomic E-state index is 0.125. The van der Waals surface area contributed by atoms with Crippen molar-refractivity contribution in [3.05, 3.63) is 47.3 Å². The molecule has 0 saturated heterocycles. The molecule has 0 spiro atoms. The van der Waals surface area contributed by atoms with Gasteiger partial charge in [0.25, 0.3) is 0 Å². The van der Waals surface area contributed by atoms with Crippen LogP contribution in [0, 0.1) is 6.92 Å². The molecule has 0 amide bonds. The summed E-state index contributed by atoms with van der Waals surface area (Å²) in [6, 6.07) is 7.57. The van der Waals surface area contributed by atoms with E-state index < -0.39 is 12.1 Å². The number of aliphatic hydroxyl groups is 1.